The minimum atomic E-state index is -0.431. The molecule has 0 heterocycles. The van der Waals surface area contributed by atoms with Crippen LogP contribution in [0.25, 0.3) is 0 Å². The van der Waals surface area contributed by atoms with Crippen LogP contribution in [-0.4, -0.2) is 23.9 Å². The second kappa shape index (κ2) is 6.76. The van der Waals surface area contributed by atoms with Crippen LogP contribution >= 0.6 is 11.6 Å². The van der Waals surface area contributed by atoms with E-state index in [1.807, 2.05) is 38.1 Å². The number of nitrogens with two attached hydrogens (primary N) is 1. The molecule has 0 bridgehead atoms. The first-order valence-corrected chi connectivity index (χ1v) is 6.58. The van der Waals surface area contributed by atoms with Crippen molar-refractivity contribution in [3.05, 3.63) is 34.9 Å². The lowest BCUT2D eigenvalue weighted by atomic mass is 9.99. The van der Waals surface area contributed by atoms with E-state index in [1.54, 1.807) is 11.9 Å². The number of amides is 1. The van der Waals surface area contributed by atoms with Gasteiger partial charge in [-0.25, -0.2) is 0 Å². The molecule has 1 aromatic carbocycles. The van der Waals surface area contributed by atoms with Gasteiger partial charge in [0.05, 0.1) is 6.04 Å². The molecule has 4 heteroatoms. The summed E-state index contributed by atoms with van der Waals surface area (Å²) in [5.41, 5.74) is 6.95. The maximum Gasteiger partial charge on any atom is 0.239 e. The first kappa shape index (κ1) is 15.0. The predicted molar refractivity (Wildman–Crippen MR) is 75.4 cm³/mol. The molecule has 3 nitrogen and oxygen atoms in total. The van der Waals surface area contributed by atoms with E-state index in [-0.39, 0.29) is 11.8 Å². The summed E-state index contributed by atoms with van der Waals surface area (Å²) in [4.78, 5) is 13.8. The summed E-state index contributed by atoms with van der Waals surface area (Å²) >= 11 is 5.92. The molecule has 0 fully saturated rings. The van der Waals surface area contributed by atoms with Gasteiger partial charge in [0, 0.05) is 18.6 Å². The van der Waals surface area contributed by atoms with Gasteiger partial charge >= 0.3 is 0 Å². The fourth-order valence-electron chi connectivity index (χ4n) is 1.74. The Labute approximate surface area is 114 Å². The van der Waals surface area contributed by atoms with Gasteiger partial charge in [0.25, 0.3) is 0 Å². The molecule has 1 unspecified atom stereocenters. The van der Waals surface area contributed by atoms with E-state index >= 15 is 0 Å². The Bertz CT molecular complexity index is 409. The minimum Gasteiger partial charge on any atom is -0.340 e. The fraction of sp³-hybridized carbons (Fsp3) is 0.500. The molecule has 1 aromatic rings. The smallest absolute Gasteiger partial charge is 0.239 e. The summed E-state index contributed by atoms with van der Waals surface area (Å²) in [5.74, 6) is 0.170. The summed E-state index contributed by atoms with van der Waals surface area (Å²) in [5, 5.41) is 0.680. The molecule has 0 aliphatic carbocycles. The summed E-state index contributed by atoms with van der Waals surface area (Å²) in [6.45, 7) is 4.56. The number of nitrogens with zero attached hydrogens (tertiary/aromatic N) is 1. The van der Waals surface area contributed by atoms with Crippen LogP contribution in [0.4, 0.5) is 0 Å². The molecule has 18 heavy (non-hydrogen) atoms. The first-order chi connectivity index (χ1) is 8.45. The monoisotopic (exact) mass is 268 g/mol. The fourth-order valence-corrected chi connectivity index (χ4v) is 1.95. The summed E-state index contributed by atoms with van der Waals surface area (Å²) in [6.07, 6.45) is 0.901. The van der Waals surface area contributed by atoms with Gasteiger partial charge in [-0.05, 0) is 23.6 Å². The second-order valence-corrected chi connectivity index (χ2v) is 5.17. The number of carbonyl (C=O) groups excluding carboxylic acids is 1. The van der Waals surface area contributed by atoms with Crippen molar-refractivity contribution in [3.63, 3.8) is 0 Å². The van der Waals surface area contributed by atoms with Crippen molar-refractivity contribution in [1.29, 1.82) is 0 Å². The highest BCUT2D eigenvalue weighted by Gasteiger charge is 2.22. The Morgan fingerprint density at radius 1 is 1.50 bits per heavy atom. The molecule has 0 spiro atoms. The molecule has 0 aromatic heterocycles. The van der Waals surface area contributed by atoms with Crippen molar-refractivity contribution in [3.8, 4) is 0 Å². The average molecular weight is 269 g/mol. The Morgan fingerprint density at radius 3 is 2.72 bits per heavy atom. The van der Waals surface area contributed by atoms with Crippen molar-refractivity contribution in [2.45, 2.75) is 32.9 Å². The first-order valence-electron chi connectivity index (χ1n) is 6.20. The molecule has 2 N–H and O–H groups in total. The highest BCUT2D eigenvalue weighted by atomic mass is 35.5. The molecule has 0 aliphatic heterocycles. The topological polar surface area (TPSA) is 46.3 Å². The zero-order valence-corrected chi connectivity index (χ0v) is 11.9. The molecule has 2 atom stereocenters. The average Bonchev–Trinajstić information content (AvgIpc) is 2.36. The van der Waals surface area contributed by atoms with Crippen LogP contribution in [0.15, 0.2) is 24.3 Å². The lowest BCUT2D eigenvalue weighted by Crippen LogP contribution is -2.45. The molecule has 1 rings (SSSR count). The number of rotatable bonds is 5. The van der Waals surface area contributed by atoms with Crippen molar-refractivity contribution >= 4 is 17.5 Å². The van der Waals surface area contributed by atoms with E-state index < -0.39 is 6.04 Å². The molecule has 100 valence electrons. The Kier molecular flexibility index (Phi) is 5.63. The number of hydrogen-bond donors (Lipinski definition) is 1. The van der Waals surface area contributed by atoms with Gasteiger partial charge in [0.1, 0.15) is 0 Å². The molecule has 1 amide bonds. The van der Waals surface area contributed by atoms with Gasteiger partial charge in [-0.2, -0.15) is 0 Å². The quantitative estimate of drug-likeness (QED) is 0.892. The summed E-state index contributed by atoms with van der Waals surface area (Å²) in [7, 11) is 1.77. The van der Waals surface area contributed by atoms with Gasteiger partial charge in [0.2, 0.25) is 5.91 Å². The zero-order chi connectivity index (χ0) is 13.7. The van der Waals surface area contributed by atoms with Crippen LogP contribution < -0.4 is 5.73 Å². The van der Waals surface area contributed by atoms with E-state index in [1.165, 1.54) is 0 Å². The van der Waals surface area contributed by atoms with Crippen molar-refractivity contribution in [2.75, 3.05) is 7.05 Å². The number of hydrogen-bond acceptors (Lipinski definition) is 2. The third-order valence-corrected chi connectivity index (χ3v) is 3.46. The molecular formula is C14H21ClN2O. The van der Waals surface area contributed by atoms with Crippen LogP contribution in [0.1, 0.15) is 25.8 Å². The maximum atomic E-state index is 12.1. The molecule has 0 aliphatic rings. The molecule has 0 saturated heterocycles. The lowest BCUT2D eigenvalue weighted by molar-refractivity contribution is -0.132. The van der Waals surface area contributed by atoms with E-state index in [0.29, 0.717) is 11.6 Å². The minimum absolute atomic E-state index is 0.0238. The number of carbonyl (C=O) groups is 1. The zero-order valence-electron chi connectivity index (χ0n) is 11.2. The largest absolute Gasteiger partial charge is 0.340 e. The Hall–Kier alpha value is -1.06. The van der Waals surface area contributed by atoms with Crippen molar-refractivity contribution in [2.24, 2.45) is 11.7 Å². The third-order valence-electron chi connectivity index (χ3n) is 3.23. The van der Waals surface area contributed by atoms with Crippen LogP contribution in [0.3, 0.4) is 0 Å². The molecule has 0 saturated carbocycles. The maximum absolute atomic E-state index is 12.1. The SMILES string of the molecule is CCC(C)[C@H](N)C(=O)N(C)Cc1cccc(Cl)c1. The van der Waals surface area contributed by atoms with E-state index in [9.17, 15) is 4.79 Å². The van der Waals surface area contributed by atoms with Gasteiger partial charge < -0.3 is 10.6 Å². The summed E-state index contributed by atoms with van der Waals surface area (Å²) < 4.78 is 0. The number of benzene rings is 1. The summed E-state index contributed by atoms with van der Waals surface area (Å²) in [6, 6.07) is 7.08. The Morgan fingerprint density at radius 2 is 2.17 bits per heavy atom. The van der Waals surface area contributed by atoms with Crippen LogP contribution in [0.5, 0.6) is 0 Å². The molecular weight excluding hydrogens is 248 g/mol. The van der Waals surface area contributed by atoms with Crippen molar-refractivity contribution < 1.29 is 4.79 Å². The van der Waals surface area contributed by atoms with Gasteiger partial charge in [0.15, 0.2) is 0 Å². The highest BCUT2D eigenvalue weighted by Crippen LogP contribution is 2.14. The van der Waals surface area contributed by atoms with Crippen molar-refractivity contribution in [1.82, 2.24) is 4.90 Å². The van der Waals surface area contributed by atoms with Crippen LogP contribution in [0.2, 0.25) is 5.02 Å². The van der Waals surface area contributed by atoms with Gasteiger partial charge in [-0.15, -0.1) is 0 Å². The molecule has 0 radical (unpaired) electrons. The predicted octanol–water partition coefficient (Wildman–Crippen LogP) is 2.67. The van der Waals surface area contributed by atoms with E-state index in [0.717, 1.165) is 12.0 Å². The van der Waals surface area contributed by atoms with Crippen LogP contribution in [-0.2, 0) is 11.3 Å². The Balaban J connectivity index is 2.65. The number of halogens is 1. The lowest BCUT2D eigenvalue weighted by Gasteiger charge is -2.24. The standard InChI is InChI=1S/C14H21ClN2O/c1-4-10(2)13(16)14(18)17(3)9-11-6-5-7-12(15)8-11/h5-8,10,13H,4,9,16H2,1-3H3/t10?,13-/m0/s1. The van der Waals surface area contributed by atoms with E-state index in [2.05, 4.69) is 0 Å². The van der Waals surface area contributed by atoms with Gasteiger partial charge in [-0.1, -0.05) is 44.0 Å². The second-order valence-electron chi connectivity index (χ2n) is 4.74. The highest BCUT2D eigenvalue weighted by molar-refractivity contribution is 6.30. The third kappa shape index (κ3) is 4.00. The van der Waals surface area contributed by atoms with Crippen LogP contribution in [0, 0.1) is 5.92 Å². The van der Waals surface area contributed by atoms with E-state index in [4.69, 9.17) is 17.3 Å². The normalized spacial score (nSPS) is 14.1. The van der Waals surface area contributed by atoms with Gasteiger partial charge in [-0.3, -0.25) is 4.79 Å². The number of likely N-dealkylation sites (N-methyl/N-ethyl adjacent to an activating group) is 1.